The van der Waals surface area contributed by atoms with Crippen LogP contribution in [0.25, 0.3) is 6.08 Å². The number of nitrogens with zero attached hydrogens (tertiary/aromatic N) is 1. The molecule has 2 aliphatic carbocycles. The number of aliphatic hydroxyl groups excluding tert-OH is 2. The average molecular weight is 712 g/mol. The lowest BCUT2D eigenvalue weighted by molar-refractivity contribution is -0.217. The highest BCUT2D eigenvalue weighted by molar-refractivity contribution is 5.95. The Hall–Kier alpha value is -4.63. The summed E-state index contributed by atoms with van der Waals surface area (Å²) in [7, 11) is 0. The molecule has 3 aromatic rings. The number of carbonyl (C=O) groups is 3. The number of hydrogen-bond acceptors (Lipinski definition) is 11. The molecule has 52 heavy (non-hydrogen) atoms. The number of hydrogen-bond donors (Lipinski definition) is 4. The Morgan fingerprint density at radius 1 is 0.923 bits per heavy atom. The number of esters is 1. The number of aliphatic hydroxyl groups is 2. The van der Waals surface area contributed by atoms with Gasteiger partial charge < -0.3 is 39.8 Å². The van der Waals surface area contributed by atoms with Gasteiger partial charge in [-0.1, -0.05) is 60.7 Å². The van der Waals surface area contributed by atoms with Gasteiger partial charge in [0, 0.05) is 37.9 Å². The number of amides is 2. The lowest BCUT2D eigenvalue weighted by Crippen LogP contribution is -2.69. The summed E-state index contributed by atoms with van der Waals surface area (Å²) in [5.74, 6) is -2.25. The van der Waals surface area contributed by atoms with Crippen LogP contribution in [0.1, 0.15) is 44.6 Å². The standard InChI is InChI=1S/C39H41N3O10/c43-13-12-40-35(45)27-10-4-6-25(18-27)22-41-37(47)39-21-30-31-32(51-38(50-31)19-28-8-1-2-9-29(28)20-38)34(39)52-42(33(39)36(46)49-30)23-26-7-3-5-24(17-26)11-15-48-16-14-44/h1-11,15,17-18,30-34,43-44H,12-14,16,19-23H2,(H,40,45)(H,41,47). The second kappa shape index (κ2) is 14.1. The minimum Gasteiger partial charge on any atom is -0.499 e. The first-order valence-electron chi connectivity index (χ1n) is 17.6. The van der Waals surface area contributed by atoms with E-state index in [2.05, 4.69) is 22.8 Å². The van der Waals surface area contributed by atoms with Crippen molar-refractivity contribution in [3.8, 4) is 0 Å². The molecule has 6 atom stereocenters. The van der Waals surface area contributed by atoms with Gasteiger partial charge in [0.2, 0.25) is 5.91 Å². The third-order valence-corrected chi connectivity index (χ3v) is 10.6. The Morgan fingerprint density at radius 2 is 1.69 bits per heavy atom. The topological polar surface area (TPSA) is 165 Å². The number of rotatable bonds is 12. The maximum Gasteiger partial charge on any atom is 0.327 e. The van der Waals surface area contributed by atoms with Crippen molar-refractivity contribution in [1.29, 1.82) is 0 Å². The number of carbonyl (C=O) groups excluding carboxylic acids is 3. The third kappa shape index (κ3) is 6.16. The Morgan fingerprint density at radius 3 is 2.48 bits per heavy atom. The predicted octanol–water partition coefficient (Wildman–Crippen LogP) is 1.78. The normalized spacial score (nSPS) is 28.0. The molecule has 4 fully saturated rings. The molecule has 1 saturated carbocycles. The van der Waals surface area contributed by atoms with Crippen molar-refractivity contribution in [3.05, 3.63) is 112 Å². The van der Waals surface area contributed by atoms with Crippen molar-refractivity contribution >= 4 is 23.9 Å². The quantitative estimate of drug-likeness (QED) is 0.123. The molecule has 3 heterocycles. The summed E-state index contributed by atoms with van der Waals surface area (Å²) in [5, 5.41) is 25.4. The number of nitrogens with one attached hydrogen (secondary N) is 2. The molecule has 3 aromatic carbocycles. The van der Waals surface area contributed by atoms with Crippen molar-refractivity contribution < 1.29 is 48.4 Å². The summed E-state index contributed by atoms with van der Waals surface area (Å²) < 4.78 is 24.9. The van der Waals surface area contributed by atoms with Gasteiger partial charge in [0.1, 0.15) is 36.4 Å². The molecule has 13 heteroatoms. The molecule has 13 nitrogen and oxygen atoms in total. The molecule has 272 valence electrons. The van der Waals surface area contributed by atoms with Crippen molar-refractivity contribution in [2.24, 2.45) is 5.41 Å². The van der Waals surface area contributed by atoms with E-state index >= 15 is 0 Å². The zero-order valence-electron chi connectivity index (χ0n) is 28.4. The molecule has 3 saturated heterocycles. The van der Waals surface area contributed by atoms with E-state index in [0.717, 1.165) is 22.3 Å². The molecule has 2 amide bonds. The first-order chi connectivity index (χ1) is 25.3. The van der Waals surface area contributed by atoms with E-state index < -0.39 is 47.6 Å². The lowest BCUT2D eigenvalue weighted by atomic mass is 9.62. The fourth-order valence-corrected chi connectivity index (χ4v) is 8.42. The summed E-state index contributed by atoms with van der Waals surface area (Å²) in [6.07, 6.45) is 1.60. The Balaban J connectivity index is 1.09. The van der Waals surface area contributed by atoms with Gasteiger partial charge in [0.25, 0.3) is 5.91 Å². The van der Waals surface area contributed by atoms with Crippen LogP contribution in [-0.2, 0) is 59.3 Å². The van der Waals surface area contributed by atoms with E-state index in [-0.39, 0.29) is 57.7 Å². The number of benzene rings is 3. The fraction of sp³-hybridized carbons (Fsp3) is 0.410. The molecule has 8 rings (SSSR count). The minimum atomic E-state index is -1.37. The highest BCUT2D eigenvalue weighted by atomic mass is 16.8. The van der Waals surface area contributed by atoms with E-state index in [1.807, 2.05) is 36.4 Å². The molecule has 6 unspecified atom stereocenters. The van der Waals surface area contributed by atoms with Crippen LogP contribution < -0.4 is 10.6 Å². The molecule has 0 aromatic heterocycles. The van der Waals surface area contributed by atoms with E-state index in [0.29, 0.717) is 24.0 Å². The number of fused-ring (bicyclic) bond motifs is 5. The van der Waals surface area contributed by atoms with Crippen LogP contribution >= 0.6 is 0 Å². The van der Waals surface area contributed by atoms with Gasteiger partial charge in [-0.05, 0) is 46.0 Å². The first kappa shape index (κ1) is 34.5. The second-order valence-corrected chi connectivity index (χ2v) is 13.9. The monoisotopic (exact) mass is 711 g/mol. The number of ether oxygens (including phenoxy) is 4. The Labute approximate surface area is 300 Å². The van der Waals surface area contributed by atoms with Crippen LogP contribution in [0.4, 0.5) is 0 Å². The first-order valence-corrected chi connectivity index (χ1v) is 17.6. The molecule has 4 N–H and O–H groups in total. The molecular formula is C39H41N3O10. The summed E-state index contributed by atoms with van der Waals surface area (Å²) in [5.41, 5.74) is 3.64. The van der Waals surface area contributed by atoms with Crippen LogP contribution in [0.5, 0.6) is 0 Å². The molecule has 0 radical (unpaired) electrons. The van der Waals surface area contributed by atoms with Crippen molar-refractivity contribution in [1.82, 2.24) is 15.7 Å². The van der Waals surface area contributed by atoms with Gasteiger partial charge in [-0.25, -0.2) is 0 Å². The summed E-state index contributed by atoms with van der Waals surface area (Å²) in [6.45, 7) is 0.307. The van der Waals surface area contributed by atoms with E-state index in [4.69, 9.17) is 34.0 Å². The fourth-order valence-electron chi connectivity index (χ4n) is 8.42. The largest absolute Gasteiger partial charge is 0.499 e. The Kier molecular flexibility index (Phi) is 9.32. The van der Waals surface area contributed by atoms with Gasteiger partial charge >= 0.3 is 5.97 Å². The summed E-state index contributed by atoms with van der Waals surface area (Å²) >= 11 is 0. The minimum absolute atomic E-state index is 0.0921. The van der Waals surface area contributed by atoms with Gasteiger partial charge in [0.05, 0.1) is 26.0 Å². The van der Waals surface area contributed by atoms with Gasteiger partial charge in [-0.2, -0.15) is 5.06 Å². The van der Waals surface area contributed by atoms with E-state index in [1.165, 1.54) is 6.26 Å². The van der Waals surface area contributed by atoms with Crippen LogP contribution in [0, 0.1) is 5.41 Å². The highest BCUT2D eigenvalue weighted by Crippen LogP contribution is 2.58. The van der Waals surface area contributed by atoms with Gasteiger partial charge in [0.15, 0.2) is 11.8 Å². The van der Waals surface area contributed by atoms with E-state index in [1.54, 1.807) is 35.4 Å². The van der Waals surface area contributed by atoms with Crippen molar-refractivity contribution in [3.63, 3.8) is 0 Å². The molecule has 1 spiro atoms. The van der Waals surface area contributed by atoms with Crippen LogP contribution in [0.15, 0.2) is 79.1 Å². The zero-order valence-corrected chi connectivity index (χ0v) is 28.4. The van der Waals surface area contributed by atoms with Crippen LogP contribution in [-0.4, -0.2) is 95.7 Å². The average Bonchev–Trinajstić information content (AvgIpc) is 3.83. The second-order valence-electron chi connectivity index (χ2n) is 13.9. The molecule has 3 aliphatic heterocycles. The predicted molar refractivity (Wildman–Crippen MR) is 184 cm³/mol. The van der Waals surface area contributed by atoms with Crippen molar-refractivity contribution in [2.75, 3.05) is 26.4 Å². The van der Waals surface area contributed by atoms with Gasteiger partial charge in [-0.3, -0.25) is 19.2 Å². The lowest BCUT2D eigenvalue weighted by Gasteiger charge is -2.48. The molecule has 2 bridgehead atoms. The van der Waals surface area contributed by atoms with Crippen LogP contribution in [0.2, 0.25) is 0 Å². The maximum absolute atomic E-state index is 14.7. The molecule has 5 aliphatic rings. The maximum atomic E-state index is 14.7. The highest BCUT2D eigenvalue weighted by Gasteiger charge is 2.76. The summed E-state index contributed by atoms with van der Waals surface area (Å²) in [4.78, 5) is 48.0. The number of hydroxylamine groups is 2. The van der Waals surface area contributed by atoms with Crippen molar-refractivity contribution in [2.45, 2.75) is 68.6 Å². The smallest absolute Gasteiger partial charge is 0.327 e. The summed E-state index contributed by atoms with van der Waals surface area (Å²) in [6, 6.07) is 21.5. The third-order valence-electron chi connectivity index (χ3n) is 10.6. The SMILES string of the molecule is O=C(NCCO)c1cccc(CNC(=O)C23CC4OC(=O)C2N(Cc2cccc(C=COCCO)c2)OC3C2OC3(Cc5ccccc5C3)OC42)c1. The zero-order chi connectivity index (χ0) is 35.9. The molecular weight excluding hydrogens is 670 g/mol. The van der Waals surface area contributed by atoms with Crippen LogP contribution in [0.3, 0.4) is 0 Å². The Bertz CT molecular complexity index is 1860. The van der Waals surface area contributed by atoms with E-state index in [9.17, 15) is 14.4 Å². The van der Waals surface area contributed by atoms with Gasteiger partial charge in [-0.15, -0.1) is 0 Å².